The minimum absolute atomic E-state index is 0.0376. The van der Waals surface area contributed by atoms with Crippen molar-refractivity contribution < 1.29 is 9.59 Å². The molecule has 2 fully saturated rings. The summed E-state index contributed by atoms with van der Waals surface area (Å²) in [5.74, 6) is 2.78. The van der Waals surface area contributed by atoms with E-state index in [4.69, 9.17) is 6.42 Å². The Labute approximate surface area is 114 Å². The first kappa shape index (κ1) is 13.9. The molecule has 2 rings (SSSR count). The zero-order chi connectivity index (χ0) is 14.4. The average molecular weight is 262 g/mol. The van der Waals surface area contributed by atoms with Crippen LogP contribution in [0.2, 0.25) is 0 Å². The van der Waals surface area contributed by atoms with Gasteiger partial charge in [0.05, 0.1) is 5.54 Å². The molecule has 2 amide bonds. The summed E-state index contributed by atoms with van der Waals surface area (Å²) in [5, 5.41) is 2.93. The van der Waals surface area contributed by atoms with Crippen molar-refractivity contribution in [3.05, 3.63) is 0 Å². The molecular formula is C15H22N2O2. The maximum Gasteiger partial charge on any atom is 0.250 e. The van der Waals surface area contributed by atoms with Crippen LogP contribution in [0.25, 0.3) is 0 Å². The van der Waals surface area contributed by atoms with Crippen LogP contribution in [0.3, 0.4) is 0 Å². The van der Waals surface area contributed by atoms with Crippen molar-refractivity contribution in [2.45, 2.75) is 64.1 Å². The van der Waals surface area contributed by atoms with E-state index in [0.29, 0.717) is 6.42 Å². The lowest BCUT2D eigenvalue weighted by Crippen LogP contribution is -2.73. The maximum atomic E-state index is 12.9. The molecule has 2 unspecified atom stereocenters. The van der Waals surface area contributed by atoms with Crippen molar-refractivity contribution in [3.8, 4) is 12.3 Å². The molecule has 19 heavy (non-hydrogen) atoms. The van der Waals surface area contributed by atoms with E-state index in [2.05, 4.69) is 11.2 Å². The van der Waals surface area contributed by atoms with Crippen LogP contribution in [0.1, 0.15) is 47.0 Å². The third-order valence-electron chi connectivity index (χ3n) is 4.40. The highest BCUT2D eigenvalue weighted by molar-refractivity contribution is 6.00. The van der Waals surface area contributed by atoms with Gasteiger partial charge in [-0.1, -0.05) is 12.8 Å². The number of carbonyl (C=O) groups excluding carboxylic acids is 2. The molecule has 1 aliphatic heterocycles. The molecule has 2 aliphatic rings. The third-order valence-corrected chi connectivity index (χ3v) is 4.40. The number of amides is 2. The molecule has 4 nitrogen and oxygen atoms in total. The molecule has 1 saturated carbocycles. The number of hydrogen-bond donors (Lipinski definition) is 1. The Hall–Kier alpha value is -1.50. The average Bonchev–Trinajstić information content (AvgIpc) is 3.17. The largest absolute Gasteiger partial charge is 0.340 e. The van der Waals surface area contributed by atoms with Crippen LogP contribution in [0.15, 0.2) is 0 Å². The van der Waals surface area contributed by atoms with E-state index in [9.17, 15) is 9.59 Å². The fourth-order valence-electron chi connectivity index (χ4n) is 2.92. The highest BCUT2D eigenvalue weighted by atomic mass is 16.2. The van der Waals surface area contributed by atoms with Gasteiger partial charge in [-0.05, 0) is 46.0 Å². The lowest BCUT2D eigenvalue weighted by Gasteiger charge is -2.49. The van der Waals surface area contributed by atoms with Crippen molar-refractivity contribution >= 4 is 11.8 Å². The molecule has 0 spiro atoms. The molecule has 0 radical (unpaired) electrons. The van der Waals surface area contributed by atoms with Gasteiger partial charge in [0.15, 0.2) is 0 Å². The van der Waals surface area contributed by atoms with Gasteiger partial charge >= 0.3 is 0 Å². The molecule has 1 heterocycles. The smallest absolute Gasteiger partial charge is 0.250 e. The Morgan fingerprint density at radius 1 is 1.47 bits per heavy atom. The molecule has 1 N–H and O–H groups in total. The molecule has 4 heteroatoms. The maximum absolute atomic E-state index is 12.9. The highest BCUT2D eigenvalue weighted by Crippen LogP contribution is 2.43. The van der Waals surface area contributed by atoms with Gasteiger partial charge < -0.3 is 10.2 Å². The standard InChI is InChI=1S/C15H22N2O2/c1-6-11-12(18)16-15(5,10-8-9-10)13(19)17(11)14(3,4)7-2/h2,10-11H,6,8-9H2,1,3-5H3,(H,16,18). The van der Waals surface area contributed by atoms with Crippen LogP contribution in [0.5, 0.6) is 0 Å². The summed E-state index contributed by atoms with van der Waals surface area (Å²) < 4.78 is 0. The number of terminal acetylenes is 1. The molecule has 0 aromatic carbocycles. The topological polar surface area (TPSA) is 49.4 Å². The Balaban J connectivity index is 2.43. The Kier molecular flexibility index (Phi) is 3.12. The van der Waals surface area contributed by atoms with Crippen LogP contribution in [-0.4, -0.2) is 33.8 Å². The summed E-state index contributed by atoms with van der Waals surface area (Å²) in [6.07, 6.45) is 8.12. The van der Waals surface area contributed by atoms with Gasteiger partial charge in [0, 0.05) is 0 Å². The molecular weight excluding hydrogens is 240 g/mol. The predicted molar refractivity (Wildman–Crippen MR) is 73.1 cm³/mol. The zero-order valence-corrected chi connectivity index (χ0v) is 12.1. The van der Waals surface area contributed by atoms with Crippen LogP contribution in [-0.2, 0) is 9.59 Å². The molecule has 1 saturated heterocycles. The number of carbonyl (C=O) groups is 2. The summed E-state index contributed by atoms with van der Waals surface area (Å²) in [6, 6.07) is -0.467. The van der Waals surface area contributed by atoms with Gasteiger partial charge in [0.2, 0.25) is 11.8 Å². The number of rotatable bonds is 3. The minimum Gasteiger partial charge on any atom is -0.340 e. The normalized spacial score (nSPS) is 31.9. The molecule has 0 aromatic rings. The van der Waals surface area contributed by atoms with Gasteiger partial charge in [-0.3, -0.25) is 9.59 Å². The van der Waals surface area contributed by atoms with E-state index in [1.54, 1.807) is 4.90 Å². The molecule has 0 bridgehead atoms. The first-order chi connectivity index (χ1) is 8.78. The van der Waals surface area contributed by atoms with Gasteiger partial charge in [-0.15, -0.1) is 6.42 Å². The van der Waals surface area contributed by atoms with Gasteiger partial charge in [0.1, 0.15) is 11.6 Å². The summed E-state index contributed by atoms with van der Waals surface area (Å²) in [7, 11) is 0. The Bertz CT molecular complexity index is 459. The van der Waals surface area contributed by atoms with E-state index in [1.165, 1.54) is 0 Å². The van der Waals surface area contributed by atoms with E-state index < -0.39 is 17.1 Å². The van der Waals surface area contributed by atoms with Crippen LogP contribution in [0.4, 0.5) is 0 Å². The summed E-state index contributed by atoms with van der Waals surface area (Å²) in [5.41, 5.74) is -1.53. The fraction of sp³-hybridized carbons (Fsp3) is 0.733. The predicted octanol–water partition coefficient (Wildman–Crippen LogP) is 1.30. The first-order valence-electron chi connectivity index (χ1n) is 6.91. The molecule has 2 atom stereocenters. The summed E-state index contributed by atoms with van der Waals surface area (Å²) >= 11 is 0. The van der Waals surface area contributed by atoms with Crippen LogP contribution >= 0.6 is 0 Å². The third kappa shape index (κ3) is 2.01. The van der Waals surface area contributed by atoms with Crippen molar-refractivity contribution in [3.63, 3.8) is 0 Å². The second kappa shape index (κ2) is 4.26. The van der Waals surface area contributed by atoms with Crippen molar-refractivity contribution in [2.24, 2.45) is 5.92 Å². The van der Waals surface area contributed by atoms with Gasteiger partial charge in [-0.25, -0.2) is 0 Å². The SMILES string of the molecule is C#CC(C)(C)N1C(=O)C(C)(C2CC2)NC(=O)C1CC. The van der Waals surface area contributed by atoms with E-state index in [1.807, 2.05) is 27.7 Å². The monoisotopic (exact) mass is 262 g/mol. The Morgan fingerprint density at radius 2 is 2.05 bits per heavy atom. The second-order valence-electron chi connectivity index (χ2n) is 6.27. The lowest BCUT2D eigenvalue weighted by molar-refractivity contribution is -0.160. The van der Waals surface area contributed by atoms with Gasteiger partial charge in [-0.2, -0.15) is 0 Å². The summed E-state index contributed by atoms with van der Waals surface area (Å²) in [6.45, 7) is 7.37. The van der Waals surface area contributed by atoms with Crippen molar-refractivity contribution in [2.75, 3.05) is 0 Å². The van der Waals surface area contributed by atoms with Crippen molar-refractivity contribution in [1.82, 2.24) is 10.2 Å². The number of nitrogens with one attached hydrogen (secondary N) is 1. The number of piperazine rings is 1. The first-order valence-corrected chi connectivity index (χ1v) is 6.91. The number of nitrogens with zero attached hydrogens (tertiary/aromatic N) is 1. The van der Waals surface area contributed by atoms with Crippen LogP contribution < -0.4 is 5.32 Å². The highest BCUT2D eigenvalue weighted by Gasteiger charge is 2.57. The lowest BCUT2D eigenvalue weighted by atomic mass is 9.85. The van der Waals surface area contributed by atoms with Gasteiger partial charge in [0.25, 0.3) is 0 Å². The second-order valence-corrected chi connectivity index (χ2v) is 6.27. The molecule has 104 valence electrons. The van der Waals surface area contributed by atoms with E-state index >= 15 is 0 Å². The number of hydrogen-bond acceptors (Lipinski definition) is 2. The van der Waals surface area contributed by atoms with E-state index in [-0.39, 0.29) is 17.7 Å². The fourth-order valence-corrected chi connectivity index (χ4v) is 2.92. The minimum atomic E-state index is -0.781. The van der Waals surface area contributed by atoms with Crippen LogP contribution in [0, 0.1) is 18.3 Å². The zero-order valence-electron chi connectivity index (χ0n) is 12.1. The van der Waals surface area contributed by atoms with Crippen molar-refractivity contribution in [1.29, 1.82) is 0 Å². The van der Waals surface area contributed by atoms with E-state index in [0.717, 1.165) is 12.8 Å². The molecule has 0 aromatic heterocycles. The molecule has 1 aliphatic carbocycles. The summed E-state index contributed by atoms with van der Waals surface area (Å²) in [4.78, 5) is 26.8. The quantitative estimate of drug-likeness (QED) is 0.780. The Morgan fingerprint density at radius 3 is 2.47 bits per heavy atom.